The lowest BCUT2D eigenvalue weighted by Crippen LogP contribution is -2.35. The SMILES string of the molecule is CC(OC(=O)[C@@H](N)Cc1cnc[nH]1)c1ccccc1. The lowest BCUT2D eigenvalue weighted by atomic mass is 10.1. The molecule has 0 amide bonds. The highest BCUT2D eigenvalue weighted by Crippen LogP contribution is 2.16. The quantitative estimate of drug-likeness (QED) is 0.799. The number of imidazole rings is 1. The lowest BCUT2D eigenvalue weighted by Gasteiger charge is -2.16. The molecule has 5 heteroatoms. The van der Waals surface area contributed by atoms with Gasteiger partial charge in [0.1, 0.15) is 12.1 Å². The number of carbonyl (C=O) groups excluding carboxylic acids is 1. The second-order valence-electron chi connectivity index (χ2n) is 4.38. The van der Waals surface area contributed by atoms with Crippen LogP contribution in [0, 0.1) is 0 Å². The summed E-state index contributed by atoms with van der Waals surface area (Å²) in [4.78, 5) is 18.7. The summed E-state index contributed by atoms with van der Waals surface area (Å²) in [7, 11) is 0. The average molecular weight is 259 g/mol. The normalized spacial score (nSPS) is 13.8. The van der Waals surface area contributed by atoms with Gasteiger partial charge in [0.15, 0.2) is 0 Å². The van der Waals surface area contributed by atoms with Gasteiger partial charge in [0.2, 0.25) is 0 Å². The zero-order chi connectivity index (χ0) is 13.7. The van der Waals surface area contributed by atoms with Gasteiger partial charge in [-0.15, -0.1) is 0 Å². The molecule has 19 heavy (non-hydrogen) atoms. The predicted octanol–water partition coefficient (Wildman–Crippen LogP) is 1.58. The first kappa shape index (κ1) is 13.3. The molecule has 1 heterocycles. The van der Waals surface area contributed by atoms with Crippen molar-refractivity contribution >= 4 is 5.97 Å². The Morgan fingerprint density at radius 2 is 2.16 bits per heavy atom. The van der Waals surface area contributed by atoms with Gasteiger partial charge in [-0.2, -0.15) is 0 Å². The largest absolute Gasteiger partial charge is 0.457 e. The van der Waals surface area contributed by atoms with Gasteiger partial charge in [0.25, 0.3) is 0 Å². The number of nitrogens with two attached hydrogens (primary N) is 1. The monoisotopic (exact) mass is 259 g/mol. The molecule has 0 saturated carbocycles. The van der Waals surface area contributed by atoms with Gasteiger partial charge in [-0.05, 0) is 12.5 Å². The van der Waals surface area contributed by atoms with E-state index in [-0.39, 0.29) is 6.10 Å². The van der Waals surface area contributed by atoms with Crippen molar-refractivity contribution < 1.29 is 9.53 Å². The Bertz CT molecular complexity index is 511. The van der Waals surface area contributed by atoms with Gasteiger partial charge in [-0.1, -0.05) is 30.3 Å². The number of carbonyl (C=O) groups is 1. The van der Waals surface area contributed by atoms with E-state index in [1.54, 1.807) is 12.5 Å². The van der Waals surface area contributed by atoms with Crippen LogP contribution >= 0.6 is 0 Å². The van der Waals surface area contributed by atoms with Gasteiger partial charge >= 0.3 is 5.97 Å². The van der Waals surface area contributed by atoms with Crippen LogP contribution in [0.1, 0.15) is 24.3 Å². The first-order valence-electron chi connectivity index (χ1n) is 6.15. The molecule has 2 rings (SSSR count). The summed E-state index contributed by atoms with van der Waals surface area (Å²) >= 11 is 0. The minimum absolute atomic E-state index is 0.304. The number of nitrogens with zero attached hydrogens (tertiary/aromatic N) is 1. The molecular formula is C14H17N3O2. The molecule has 0 aliphatic carbocycles. The van der Waals surface area contributed by atoms with Gasteiger partial charge < -0.3 is 15.5 Å². The third-order valence-corrected chi connectivity index (χ3v) is 2.86. The van der Waals surface area contributed by atoms with Gasteiger partial charge in [0.05, 0.1) is 6.33 Å². The van der Waals surface area contributed by atoms with Gasteiger partial charge in [-0.25, -0.2) is 4.98 Å². The van der Waals surface area contributed by atoms with Crippen molar-refractivity contribution in [3.8, 4) is 0 Å². The van der Waals surface area contributed by atoms with Crippen molar-refractivity contribution in [3.05, 3.63) is 54.1 Å². The first-order chi connectivity index (χ1) is 9.16. The molecular weight excluding hydrogens is 242 g/mol. The molecule has 100 valence electrons. The number of hydrogen-bond donors (Lipinski definition) is 2. The Hall–Kier alpha value is -2.14. The van der Waals surface area contributed by atoms with Crippen molar-refractivity contribution in [3.63, 3.8) is 0 Å². The van der Waals surface area contributed by atoms with Crippen LogP contribution in [0.4, 0.5) is 0 Å². The number of aromatic nitrogens is 2. The zero-order valence-electron chi connectivity index (χ0n) is 10.7. The van der Waals surface area contributed by atoms with E-state index >= 15 is 0 Å². The summed E-state index contributed by atoms with van der Waals surface area (Å²) < 4.78 is 5.35. The van der Waals surface area contributed by atoms with Crippen LogP contribution in [-0.4, -0.2) is 22.0 Å². The predicted molar refractivity (Wildman–Crippen MR) is 71.2 cm³/mol. The molecule has 1 aromatic carbocycles. The third-order valence-electron chi connectivity index (χ3n) is 2.86. The number of rotatable bonds is 5. The van der Waals surface area contributed by atoms with E-state index in [1.807, 2.05) is 37.3 Å². The Morgan fingerprint density at radius 1 is 1.42 bits per heavy atom. The van der Waals surface area contributed by atoms with Crippen LogP contribution in [0.25, 0.3) is 0 Å². The second-order valence-corrected chi connectivity index (χ2v) is 4.38. The fourth-order valence-electron chi connectivity index (χ4n) is 1.77. The summed E-state index contributed by atoms with van der Waals surface area (Å²) in [6, 6.07) is 8.87. The third kappa shape index (κ3) is 3.66. The van der Waals surface area contributed by atoms with E-state index in [0.29, 0.717) is 6.42 Å². The van der Waals surface area contributed by atoms with Crippen molar-refractivity contribution in [1.29, 1.82) is 0 Å². The highest BCUT2D eigenvalue weighted by atomic mass is 16.5. The number of hydrogen-bond acceptors (Lipinski definition) is 4. The van der Waals surface area contributed by atoms with Crippen molar-refractivity contribution in [2.75, 3.05) is 0 Å². The summed E-state index contributed by atoms with van der Waals surface area (Å²) in [5.74, 6) is -0.411. The molecule has 5 nitrogen and oxygen atoms in total. The number of nitrogens with one attached hydrogen (secondary N) is 1. The molecule has 0 bridgehead atoms. The standard InChI is InChI=1S/C14H17N3O2/c1-10(11-5-3-2-4-6-11)19-14(18)13(15)7-12-8-16-9-17-12/h2-6,8-10,13H,7,15H2,1H3,(H,16,17)/t10?,13-/m0/s1. The number of benzene rings is 1. The maximum atomic E-state index is 11.9. The maximum Gasteiger partial charge on any atom is 0.323 e. The summed E-state index contributed by atoms with van der Waals surface area (Å²) in [6.45, 7) is 1.83. The Labute approximate surface area is 111 Å². The van der Waals surface area contributed by atoms with E-state index < -0.39 is 12.0 Å². The maximum absolute atomic E-state index is 11.9. The van der Waals surface area contributed by atoms with Crippen LogP contribution in [0.2, 0.25) is 0 Å². The van der Waals surface area contributed by atoms with Gasteiger partial charge in [-0.3, -0.25) is 4.79 Å². The molecule has 2 atom stereocenters. The van der Waals surface area contributed by atoms with Crippen molar-refractivity contribution in [1.82, 2.24) is 9.97 Å². The highest BCUT2D eigenvalue weighted by Gasteiger charge is 2.19. The molecule has 0 aliphatic rings. The first-order valence-corrected chi connectivity index (χ1v) is 6.15. The summed E-state index contributed by atoms with van der Waals surface area (Å²) in [5, 5.41) is 0. The molecule has 2 aromatic rings. The Morgan fingerprint density at radius 3 is 2.79 bits per heavy atom. The Balaban J connectivity index is 1.90. The fourth-order valence-corrected chi connectivity index (χ4v) is 1.77. The summed E-state index contributed by atoms with van der Waals surface area (Å²) in [6.07, 6.45) is 3.29. The molecule has 3 N–H and O–H groups in total. The molecule has 0 spiro atoms. The lowest BCUT2D eigenvalue weighted by molar-refractivity contribution is -0.150. The molecule has 1 aromatic heterocycles. The minimum Gasteiger partial charge on any atom is -0.457 e. The fraction of sp³-hybridized carbons (Fsp3) is 0.286. The van der Waals surface area contributed by atoms with Crippen molar-refractivity contribution in [2.24, 2.45) is 5.73 Å². The van der Waals surface area contributed by atoms with E-state index in [4.69, 9.17) is 10.5 Å². The van der Waals surface area contributed by atoms with Crippen LogP contribution in [0.3, 0.4) is 0 Å². The number of aromatic amines is 1. The number of ether oxygens (including phenoxy) is 1. The second kappa shape index (κ2) is 6.15. The van der Waals surface area contributed by atoms with Crippen LogP contribution < -0.4 is 5.73 Å². The molecule has 0 radical (unpaired) electrons. The number of esters is 1. The van der Waals surface area contributed by atoms with E-state index in [1.165, 1.54) is 0 Å². The smallest absolute Gasteiger partial charge is 0.323 e. The van der Waals surface area contributed by atoms with E-state index in [9.17, 15) is 4.79 Å². The van der Waals surface area contributed by atoms with Gasteiger partial charge in [0, 0.05) is 18.3 Å². The average Bonchev–Trinajstić information content (AvgIpc) is 2.92. The Kier molecular flexibility index (Phi) is 4.30. The highest BCUT2D eigenvalue weighted by molar-refractivity contribution is 5.76. The summed E-state index contributed by atoms with van der Waals surface area (Å²) in [5.41, 5.74) is 7.58. The molecule has 0 aliphatic heterocycles. The molecule has 0 saturated heterocycles. The molecule has 0 fully saturated rings. The van der Waals surface area contributed by atoms with E-state index in [0.717, 1.165) is 11.3 Å². The van der Waals surface area contributed by atoms with Crippen LogP contribution in [0.15, 0.2) is 42.9 Å². The topological polar surface area (TPSA) is 81.0 Å². The number of H-pyrrole nitrogens is 1. The van der Waals surface area contributed by atoms with Crippen LogP contribution in [0.5, 0.6) is 0 Å². The van der Waals surface area contributed by atoms with E-state index in [2.05, 4.69) is 9.97 Å². The zero-order valence-corrected chi connectivity index (χ0v) is 10.7. The molecule has 1 unspecified atom stereocenters. The van der Waals surface area contributed by atoms with Crippen LogP contribution in [-0.2, 0) is 16.0 Å². The van der Waals surface area contributed by atoms with Crippen molar-refractivity contribution in [2.45, 2.75) is 25.5 Å². The minimum atomic E-state index is -0.688.